The Balaban J connectivity index is 3.56. The highest BCUT2D eigenvalue weighted by Gasteiger charge is 2.10. The lowest BCUT2D eigenvalue weighted by Crippen LogP contribution is -2.42. The van der Waals surface area contributed by atoms with Gasteiger partial charge in [0.25, 0.3) is 0 Å². The Hall–Kier alpha value is -2.07. The van der Waals surface area contributed by atoms with Gasteiger partial charge in [-0.3, -0.25) is 9.79 Å². The van der Waals surface area contributed by atoms with E-state index >= 15 is 0 Å². The van der Waals surface area contributed by atoms with Gasteiger partial charge in [-0.1, -0.05) is 0 Å². The molecular weight excluding hydrogens is 302 g/mol. The molecule has 0 bridgehead atoms. The first kappa shape index (κ1) is 20.9. The zero-order chi connectivity index (χ0) is 17.7. The third-order valence-electron chi connectivity index (χ3n) is 3.10. The van der Waals surface area contributed by atoms with E-state index in [4.69, 9.17) is 28.0 Å². The van der Waals surface area contributed by atoms with Crippen molar-refractivity contribution in [2.45, 2.75) is 44.2 Å². The lowest BCUT2D eigenvalue weighted by Gasteiger charge is -2.13. The Kier molecular flexibility index (Phi) is 11.3. The number of aliphatic imine (C=N–C) groups is 1. The molecule has 11 N–H and O–H groups in total. The third kappa shape index (κ3) is 13.3. The minimum absolute atomic E-state index is 0.0559. The predicted octanol–water partition coefficient (Wildman–Crippen LogP) is -1.75. The minimum atomic E-state index is -1.01. The standard InChI is InChI=1S/C13H29N7O3/c14-9(4-3-7-18-12(16)17)8-20-13(23)19-6-2-1-5-10(15)11(21)22/h9-10H,1-8,14-15H2,(H,21,22)(H4,16,17,18)(H2,19,20,23)/t9-,10-/m0/s1. The van der Waals surface area contributed by atoms with Crippen molar-refractivity contribution in [3.63, 3.8) is 0 Å². The number of hydrogen-bond donors (Lipinski definition) is 7. The molecule has 0 rings (SSSR count). The number of nitrogens with zero attached hydrogens (tertiary/aromatic N) is 1. The number of aliphatic carboxylic acids is 1. The highest BCUT2D eigenvalue weighted by atomic mass is 16.4. The first-order chi connectivity index (χ1) is 10.8. The van der Waals surface area contributed by atoms with Crippen LogP contribution in [0.25, 0.3) is 0 Å². The Bertz CT molecular complexity index is 386. The van der Waals surface area contributed by atoms with Gasteiger partial charge >= 0.3 is 12.0 Å². The third-order valence-corrected chi connectivity index (χ3v) is 3.10. The second kappa shape index (κ2) is 12.5. The first-order valence-corrected chi connectivity index (χ1v) is 7.64. The molecule has 134 valence electrons. The van der Waals surface area contributed by atoms with E-state index in [2.05, 4.69) is 15.6 Å². The van der Waals surface area contributed by atoms with E-state index < -0.39 is 12.0 Å². The minimum Gasteiger partial charge on any atom is -0.480 e. The fourth-order valence-corrected chi connectivity index (χ4v) is 1.76. The summed E-state index contributed by atoms with van der Waals surface area (Å²) in [5, 5.41) is 14.0. The maximum Gasteiger partial charge on any atom is 0.320 e. The summed E-state index contributed by atoms with van der Waals surface area (Å²) in [6, 6.07) is -1.31. The van der Waals surface area contributed by atoms with Crippen molar-refractivity contribution >= 4 is 18.0 Å². The summed E-state index contributed by atoms with van der Waals surface area (Å²) in [6.45, 7) is 1.33. The molecule has 0 aromatic heterocycles. The van der Waals surface area contributed by atoms with Crippen molar-refractivity contribution in [2.24, 2.45) is 27.9 Å². The molecule has 2 amide bonds. The number of hydrogen-bond acceptors (Lipinski definition) is 5. The van der Waals surface area contributed by atoms with E-state index in [1.165, 1.54) is 0 Å². The lowest BCUT2D eigenvalue weighted by molar-refractivity contribution is -0.138. The average molecular weight is 331 g/mol. The number of rotatable bonds is 12. The Morgan fingerprint density at radius 2 is 1.74 bits per heavy atom. The summed E-state index contributed by atoms with van der Waals surface area (Å²) in [4.78, 5) is 25.9. The van der Waals surface area contributed by atoms with Crippen LogP contribution < -0.4 is 33.6 Å². The van der Waals surface area contributed by atoms with E-state index in [0.29, 0.717) is 45.3 Å². The molecule has 10 nitrogen and oxygen atoms in total. The molecule has 0 radical (unpaired) electrons. The van der Waals surface area contributed by atoms with E-state index in [1.807, 2.05) is 0 Å². The molecular formula is C13H29N7O3. The van der Waals surface area contributed by atoms with E-state index in [-0.39, 0.29) is 18.0 Å². The van der Waals surface area contributed by atoms with Gasteiger partial charge in [0.15, 0.2) is 5.96 Å². The molecule has 0 aliphatic carbocycles. The molecule has 23 heavy (non-hydrogen) atoms. The summed E-state index contributed by atoms with van der Waals surface area (Å²) in [6.07, 6.45) is 3.13. The average Bonchev–Trinajstić information content (AvgIpc) is 2.48. The summed E-state index contributed by atoms with van der Waals surface area (Å²) in [5.41, 5.74) is 21.6. The molecule has 0 saturated heterocycles. The Labute approximate surface area is 136 Å². The molecule has 10 heteroatoms. The first-order valence-electron chi connectivity index (χ1n) is 7.64. The van der Waals surface area contributed by atoms with E-state index in [0.717, 1.165) is 6.42 Å². The van der Waals surface area contributed by atoms with E-state index in [9.17, 15) is 9.59 Å². The van der Waals surface area contributed by atoms with Gasteiger partial charge in [0.2, 0.25) is 0 Å². The molecule has 0 saturated carbocycles. The number of carbonyl (C=O) groups is 2. The van der Waals surface area contributed by atoms with Crippen LogP contribution in [-0.4, -0.2) is 54.8 Å². The maximum absolute atomic E-state index is 11.5. The summed E-state index contributed by atoms with van der Waals surface area (Å²) in [7, 11) is 0. The van der Waals surface area contributed by atoms with Crippen LogP contribution in [0.4, 0.5) is 4.79 Å². The van der Waals surface area contributed by atoms with Crippen LogP contribution in [0.1, 0.15) is 32.1 Å². The summed E-state index contributed by atoms with van der Waals surface area (Å²) in [5.74, 6) is -0.954. The number of amides is 2. The zero-order valence-corrected chi connectivity index (χ0v) is 13.3. The van der Waals surface area contributed by atoms with Gasteiger partial charge in [-0.2, -0.15) is 0 Å². The number of nitrogens with one attached hydrogen (secondary N) is 2. The van der Waals surface area contributed by atoms with Crippen LogP contribution in [0.2, 0.25) is 0 Å². The SMILES string of the molecule is NC(N)=NCCC[C@H](N)CNC(=O)NCCCC[C@H](N)C(=O)O. The quantitative estimate of drug-likeness (QED) is 0.125. The molecule has 0 aromatic carbocycles. The molecule has 2 atom stereocenters. The van der Waals surface area contributed by atoms with Crippen molar-refractivity contribution < 1.29 is 14.7 Å². The van der Waals surface area contributed by atoms with Crippen molar-refractivity contribution in [1.29, 1.82) is 0 Å². The predicted molar refractivity (Wildman–Crippen MR) is 88.7 cm³/mol. The van der Waals surface area contributed by atoms with E-state index in [1.54, 1.807) is 0 Å². The number of nitrogens with two attached hydrogens (primary N) is 4. The van der Waals surface area contributed by atoms with Gasteiger partial charge in [0, 0.05) is 25.7 Å². The molecule has 0 fully saturated rings. The van der Waals surface area contributed by atoms with Crippen LogP contribution in [0.15, 0.2) is 4.99 Å². The molecule has 0 aliphatic heterocycles. The maximum atomic E-state index is 11.5. The van der Waals surface area contributed by atoms with Crippen molar-refractivity contribution in [3.05, 3.63) is 0 Å². The van der Waals surface area contributed by atoms with Crippen molar-refractivity contribution in [2.75, 3.05) is 19.6 Å². The summed E-state index contributed by atoms with van der Waals surface area (Å²) >= 11 is 0. The van der Waals surface area contributed by atoms with Gasteiger partial charge < -0.3 is 38.7 Å². The second-order valence-electron chi connectivity index (χ2n) is 5.29. The Morgan fingerprint density at radius 1 is 1.04 bits per heavy atom. The number of unbranched alkanes of at least 4 members (excludes halogenated alkanes) is 1. The molecule has 0 aliphatic rings. The number of carboxylic acid groups (broad SMARTS) is 1. The van der Waals surface area contributed by atoms with Gasteiger partial charge in [-0.15, -0.1) is 0 Å². The van der Waals surface area contributed by atoms with Crippen LogP contribution in [0.3, 0.4) is 0 Å². The van der Waals surface area contributed by atoms with Crippen LogP contribution in [0, 0.1) is 0 Å². The molecule has 0 spiro atoms. The molecule has 0 unspecified atom stereocenters. The van der Waals surface area contributed by atoms with Crippen LogP contribution in [-0.2, 0) is 4.79 Å². The normalized spacial score (nSPS) is 13.0. The monoisotopic (exact) mass is 331 g/mol. The molecule has 0 heterocycles. The second-order valence-corrected chi connectivity index (χ2v) is 5.29. The smallest absolute Gasteiger partial charge is 0.320 e. The van der Waals surface area contributed by atoms with Crippen LogP contribution in [0.5, 0.6) is 0 Å². The highest BCUT2D eigenvalue weighted by molar-refractivity contribution is 5.75. The topological polar surface area (TPSA) is 195 Å². The zero-order valence-electron chi connectivity index (χ0n) is 13.3. The van der Waals surface area contributed by atoms with Gasteiger partial charge in [0.1, 0.15) is 6.04 Å². The van der Waals surface area contributed by atoms with Crippen molar-refractivity contribution in [1.82, 2.24) is 10.6 Å². The van der Waals surface area contributed by atoms with Gasteiger partial charge in [-0.05, 0) is 32.1 Å². The van der Waals surface area contributed by atoms with Gasteiger partial charge in [-0.25, -0.2) is 4.79 Å². The van der Waals surface area contributed by atoms with Crippen molar-refractivity contribution in [3.8, 4) is 0 Å². The number of urea groups is 1. The lowest BCUT2D eigenvalue weighted by atomic mass is 10.1. The molecule has 0 aromatic rings. The Morgan fingerprint density at radius 3 is 2.35 bits per heavy atom. The number of guanidine groups is 1. The van der Waals surface area contributed by atoms with Gasteiger partial charge in [0.05, 0.1) is 0 Å². The summed E-state index contributed by atoms with van der Waals surface area (Å²) < 4.78 is 0. The largest absolute Gasteiger partial charge is 0.480 e. The number of carboxylic acids is 1. The number of carbonyl (C=O) groups excluding carboxylic acids is 1. The van der Waals surface area contributed by atoms with Crippen LogP contribution >= 0.6 is 0 Å². The highest BCUT2D eigenvalue weighted by Crippen LogP contribution is 1.98. The fraction of sp³-hybridized carbons (Fsp3) is 0.769. The fourth-order valence-electron chi connectivity index (χ4n) is 1.76.